The molecule has 1 aliphatic carbocycles. The first-order chi connectivity index (χ1) is 7.93. The van der Waals surface area contributed by atoms with E-state index in [0.717, 1.165) is 5.92 Å². The summed E-state index contributed by atoms with van der Waals surface area (Å²) in [5, 5.41) is 3.44. The van der Waals surface area contributed by atoms with Crippen LogP contribution in [0.5, 0.6) is 0 Å². The van der Waals surface area contributed by atoms with Crippen LogP contribution in [0.2, 0.25) is 0 Å². The Morgan fingerprint density at radius 1 is 1.18 bits per heavy atom. The average Bonchev–Trinajstić information content (AvgIpc) is 2.26. The molecule has 0 unspecified atom stereocenters. The SMILES string of the molecule is CCCCC1(CNC)CCC(C(C)(C)C)CC1. The predicted octanol–water partition coefficient (Wildman–Crippen LogP) is 4.62. The van der Waals surface area contributed by atoms with Crippen molar-refractivity contribution in [3.8, 4) is 0 Å². The van der Waals surface area contributed by atoms with Gasteiger partial charge in [-0.15, -0.1) is 0 Å². The Hall–Kier alpha value is -0.0400. The molecule has 0 saturated heterocycles. The number of hydrogen-bond acceptors (Lipinski definition) is 1. The third-order valence-electron chi connectivity index (χ3n) is 4.88. The van der Waals surface area contributed by atoms with Crippen molar-refractivity contribution in [2.75, 3.05) is 13.6 Å². The van der Waals surface area contributed by atoms with Crippen LogP contribution in [0.3, 0.4) is 0 Å². The molecule has 0 aromatic heterocycles. The van der Waals surface area contributed by atoms with Gasteiger partial charge in [-0.2, -0.15) is 0 Å². The Balaban J connectivity index is 2.54. The van der Waals surface area contributed by atoms with Gasteiger partial charge < -0.3 is 5.32 Å². The van der Waals surface area contributed by atoms with Gasteiger partial charge in [-0.05, 0) is 55.9 Å². The van der Waals surface area contributed by atoms with Crippen molar-refractivity contribution in [3.05, 3.63) is 0 Å². The van der Waals surface area contributed by atoms with Gasteiger partial charge in [0.1, 0.15) is 0 Å². The van der Waals surface area contributed by atoms with E-state index in [1.807, 2.05) is 0 Å². The lowest BCUT2D eigenvalue weighted by Crippen LogP contribution is -2.38. The topological polar surface area (TPSA) is 12.0 Å². The standard InChI is InChI=1S/C16H33N/c1-6-7-10-16(13-17-5)11-8-14(9-12-16)15(2,3)4/h14,17H,6-13H2,1-5H3. The van der Waals surface area contributed by atoms with Crippen LogP contribution in [0.25, 0.3) is 0 Å². The van der Waals surface area contributed by atoms with Crippen LogP contribution in [-0.2, 0) is 0 Å². The second kappa shape index (κ2) is 6.22. The van der Waals surface area contributed by atoms with Gasteiger partial charge in [0.15, 0.2) is 0 Å². The molecule has 1 heteroatoms. The highest BCUT2D eigenvalue weighted by Crippen LogP contribution is 2.47. The van der Waals surface area contributed by atoms with Gasteiger partial charge in [0.25, 0.3) is 0 Å². The summed E-state index contributed by atoms with van der Waals surface area (Å²) in [4.78, 5) is 0. The van der Waals surface area contributed by atoms with Crippen LogP contribution in [-0.4, -0.2) is 13.6 Å². The molecule has 1 aliphatic rings. The molecule has 102 valence electrons. The zero-order valence-electron chi connectivity index (χ0n) is 12.7. The molecule has 0 atom stereocenters. The van der Waals surface area contributed by atoms with Crippen molar-refractivity contribution >= 4 is 0 Å². The van der Waals surface area contributed by atoms with E-state index in [9.17, 15) is 0 Å². The molecule has 0 amide bonds. The lowest BCUT2D eigenvalue weighted by atomic mass is 9.62. The van der Waals surface area contributed by atoms with E-state index in [1.54, 1.807) is 0 Å². The second-order valence-corrected chi connectivity index (χ2v) is 7.27. The second-order valence-electron chi connectivity index (χ2n) is 7.27. The molecule has 0 radical (unpaired) electrons. The molecule has 0 heterocycles. The van der Waals surface area contributed by atoms with Crippen LogP contribution >= 0.6 is 0 Å². The molecular weight excluding hydrogens is 206 g/mol. The van der Waals surface area contributed by atoms with Crippen molar-refractivity contribution in [1.82, 2.24) is 5.32 Å². The summed E-state index contributed by atoms with van der Waals surface area (Å²) in [5.74, 6) is 0.939. The fraction of sp³-hybridized carbons (Fsp3) is 1.00. The maximum atomic E-state index is 3.44. The molecule has 17 heavy (non-hydrogen) atoms. The molecule has 0 bridgehead atoms. The van der Waals surface area contributed by atoms with E-state index in [2.05, 4.69) is 40.1 Å². The lowest BCUT2D eigenvalue weighted by Gasteiger charge is -2.44. The minimum absolute atomic E-state index is 0.510. The van der Waals surface area contributed by atoms with Crippen LogP contribution in [0, 0.1) is 16.7 Å². The van der Waals surface area contributed by atoms with Crippen molar-refractivity contribution in [3.63, 3.8) is 0 Å². The highest BCUT2D eigenvalue weighted by molar-refractivity contribution is 4.90. The molecule has 0 spiro atoms. The molecule has 0 aliphatic heterocycles. The van der Waals surface area contributed by atoms with E-state index >= 15 is 0 Å². The molecule has 1 N–H and O–H groups in total. The first-order valence-corrected chi connectivity index (χ1v) is 7.58. The summed E-state index contributed by atoms with van der Waals surface area (Å²) in [7, 11) is 2.11. The number of hydrogen-bond donors (Lipinski definition) is 1. The summed E-state index contributed by atoms with van der Waals surface area (Å²) in [5.41, 5.74) is 1.13. The number of rotatable bonds is 5. The number of nitrogens with one attached hydrogen (secondary N) is 1. The zero-order valence-corrected chi connectivity index (χ0v) is 12.7. The van der Waals surface area contributed by atoms with Gasteiger partial charge in [-0.3, -0.25) is 0 Å². The lowest BCUT2D eigenvalue weighted by molar-refractivity contribution is 0.0794. The molecular formula is C16H33N. The van der Waals surface area contributed by atoms with Gasteiger partial charge in [0.05, 0.1) is 0 Å². The van der Waals surface area contributed by atoms with Crippen molar-refractivity contribution in [1.29, 1.82) is 0 Å². The normalized spacial score (nSPS) is 30.5. The average molecular weight is 239 g/mol. The molecule has 0 aromatic carbocycles. The first kappa shape index (κ1) is 15.0. The summed E-state index contributed by atoms with van der Waals surface area (Å²) >= 11 is 0. The van der Waals surface area contributed by atoms with Crippen molar-refractivity contribution < 1.29 is 0 Å². The smallest absolute Gasteiger partial charge is 0.000481 e. The van der Waals surface area contributed by atoms with Crippen molar-refractivity contribution in [2.45, 2.75) is 72.6 Å². The third-order valence-corrected chi connectivity index (χ3v) is 4.88. The van der Waals surface area contributed by atoms with E-state index in [-0.39, 0.29) is 0 Å². The minimum Gasteiger partial charge on any atom is -0.319 e. The Bertz CT molecular complexity index is 206. The fourth-order valence-electron chi connectivity index (χ4n) is 3.54. The Morgan fingerprint density at radius 3 is 2.18 bits per heavy atom. The van der Waals surface area contributed by atoms with E-state index in [0.29, 0.717) is 10.8 Å². The molecule has 1 nitrogen and oxygen atoms in total. The summed E-state index contributed by atoms with van der Waals surface area (Å²) in [6, 6.07) is 0. The molecule has 0 aromatic rings. The quantitative estimate of drug-likeness (QED) is 0.738. The highest BCUT2D eigenvalue weighted by atomic mass is 14.8. The summed E-state index contributed by atoms with van der Waals surface area (Å²) in [6.45, 7) is 10.8. The largest absolute Gasteiger partial charge is 0.319 e. The minimum atomic E-state index is 0.510. The van der Waals surface area contributed by atoms with Crippen molar-refractivity contribution in [2.24, 2.45) is 16.7 Å². The number of unbranched alkanes of at least 4 members (excludes halogenated alkanes) is 1. The molecule has 1 rings (SSSR count). The van der Waals surface area contributed by atoms with E-state index in [4.69, 9.17) is 0 Å². The Morgan fingerprint density at radius 2 is 1.76 bits per heavy atom. The van der Waals surface area contributed by atoms with Gasteiger partial charge in [0, 0.05) is 6.54 Å². The molecule has 1 fully saturated rings. The Kier molecular flexibility index (Phi) is 5.50. The fourth-order valence-corrected chi connectivity index (χ4v) is 3.54. The predicted molar refractivity (Wildman–Crippen MR) is 77.3 cm³/mol. The molecule has 1 saturated carbocycles. The summed E-state index contributed by atoms with van der Waals surface area (Å²) in [6.07, 6.45) is 9.94. The maximum Gasteiger partial charge on any atom is 0.000481 e. The maximum absolute atomic E-state index is 3.44. The van der Waals surface area contributed by atoms with Gasteiger partial charge in [-0.1, -0.05) is 40.5 Å². The van der Waals surface area contributed by atoms with E-state index in [1.165, 1.54) is 51.5 Å². The van der Waals surface area contributed by atoms with Crippen LogP contribution in [0.4, 0.5) is 0 Å². The first-order valence-electron chi connectivity index (χ1n) is 7.58. The monoisotopic (exact) mass is 239 g/mol. The highest BCUT2D eigenvalue weighted by Gasteiger charge is 2.37. The van der Waals surface area contributed by atoms with Crippen LogP contribution in [0.1, 0.15) is 72.6 Å². The van der Waals surface area contributed by atoms with Gasteiger partial charge in [0.2, 0.25) is 0 Å². The zero-order chi connectivity index (χ0) is 12.9. The van der Waals surface area contributed by atoms with Gasteiger partial charge >= 0.3 is 0 Å². The third kappa shape index (κ3) is 4.28. The van der Waals surface area contributed by atoms with E-state index < -0.39 is 0 Å². The summed E-state index contributed by atoms with van der Waals surface area (Å²) < 4.78 is 0. The van der Waals surface area contributed by atoms with Crippen LogP contribution < -0.4 is 5.32 Å². The Labute approximate surface area is 109 Å². The van der Waals surface area contributed by atoms with Gasteiger partial charge in [-0.25, -0.2) is 0 Å². The van der Waals surface area contributed by atoms with Crippen LogP contribution in [0.15, 0.2) is 0 Å².